The van der Waals surface area contributed by atoms with E-state index in [9.17, 15) is 9.59 Å². The van der Waals surface area contributed by atoms with Crippen molar-refractivity contribution in [1.29, 1.82) is 0 Å². The van der Waals surface area contributed by atoms with Gasteiger partial charge >= 0.3 is 6.03 Å². The van der Waals surface area contributed by atoms with Gasteiger partial charge in [0.25, 0.3) is 5.91 Å². The van der Waals surface area contributed by atoms with E-state index in [1.807, 2.05) is 38.1 Å². The molecule has 1 heterocycles. The summed E-state index contributed by atoms with van der Waals surface area (Å²) in [5, 5.41) is 11.7. The predicted octanol–water partition coefficient (Wildman–Crippen LogP) is 2.93. The van der Waals surface area contributed by atoms with E-state index in [1.165, 1.54) is 0 Å². The quantitative estimate of drug-likeness (QED) is 0.571. The molecule has 26 heavy (non-hydrogen) atoms. The van der Waals surface area contributed by atoms with E-state index in [0.29, 0.717) is 18.9 Å². The summed E-state index contributed by atoms with van der Waals surface area (Å²) in [5.41, 5.74) is 4.54. The van der Waals surface area contributed by atoms with Gasteiger partial charge in [-0.05, 0) is 38.1 Å². The Morgan fingerprint density at radius 3 is 2.62 bits per heavy atom. The van der Waals surface area contributed by atoms with Crippen LogP contribution in [-0.2, 0) is 6.54 Å². The number of hydrogen-bond acceptors (Lipinski definition) is 4. The van der Waals surface area contributed by atoms with Crippen LogP contribution in [0.2, 0.25) is 0 Å². The van der Waals surface area contributed by atoms with Gasteiger partial charge in [-0.2, -0.15) is 0 Å². The van der Waals surface area contributed by atoms with Crippen LogP contribution in [0.3, 0.4) is 0 Å². The lowest BCUT2D eigenvalue weighted by Crippen LogP contribution is -2.42. The third-order valence-electron chi connectivity index (χ3n) is 4.35. The van der Waals surface area contributed by atoms with Crippen molar-refractivity contribution in [2.75, 3.05) is 11.9 Å². The molecule has 0 saturated carbocycles. The van der Waals surface area contributed by atoms with E-state index >= 15 is 0 Å². The summed E-state index contributed by atoms with van der Waals surface area (Å²) in [6.07, 6.45) is 0. The molecule has 0 aliphatic carbocycles. The van der Waals surface area contributed by atoms with Crippen LogP contribution in [0.15, 0.2) is 42.5 Å². The maximum absolute atomic E-state index is 12.7. The molecule has 3 N–H and O–H groups in total. The Kier molecular flexibility index (Phi) is 5.09. The number of nitrogens with zero attached hydrogens (tertiary/aromatic N) is 1. The molecule has 136 valence electrons. The van der Waals surface area contributed by atoms with Crippen molar-refractivity contribution in [1.82, 2.24) is 10.4 Å². The number of rotatable bonds is 2. The smallest absolute Gasteiger partial charge is 0.322 e. The molecule has 0 spiro atoms. The molecule has 7 nitrogen and oxygen atoms in total. The van der Waals surface area contributed by atoms with Gasteiger partial charge < -0.3 is 15.0 Å². The summed E-state index contributed by atoms with van der Waals surface area (Å²) in [5.74, 6) is -0.0775. The SMILES string of the molecule is Cc1ccc(NC(=O)N2Cc3ccc(C(=O)NO)cc3OC[C@@H]2C)cc1. The minimum Gasteiger partial charge on any atom is -0.491 e. The van der Waals surface area contributed by atoms with Crippen LogP contribution >= 0.6 is 0 Å². The van der Waals surface area contributed by atoms with Crippen molar-refractivity contribution in [3.63, 3.8) is 0 Å². The number of nitrogens with one attached hydrogen (secondary N) is 2. The zero-order chi connectivity index (χ0) is 18.7. The van der Waals surface area contributed by atoms with Crippen LogP contribution in [0.25, 0.3) is 0 Å². The Bertz CT molecular complexity index is 820. The summed E-state index contributed by atoms with van der Waals surface area (Å²) < 4.78 is 5.76. The maximum atomic E-state index is 12.7. The molecule has 0 bridgehead atoms. The largest absolute Gasteiger partial charge is 0.491 e. The van der Waals surface area contributed by atoms with E-state index in [1.54, 1.807) is 28.6 Å². The van der Waals surface area contributed by atoms with Gasteiger partial charge in [0, 0.05) is 16.8 Å². The van der Waals surface area contributed by atoms with E-state index < -0.39 is 5.91 Å². The molecule has 0 unspecified atom stereocenters. The van der Waals surface area contributed by atoms with Crippen LogP contribution in [0.4, 0.5) is 10.5 Å². The van der Waals surface area contributed by atoms with Crippen LogP contribution in [-0.4, -0.2) is 34.7 Å². The van der Waals surface area contributed by atoms with Gasteiger partial charge in [0.2, 0.25) is 0 Å². The van der Waals surface area contributed by atoms with Crippen molar-refractivity contribution < 1.29 is 19.5 Å². The highest BCUT2D eigenvalue weighted by Gasteiger charge is 2.26. The lowest BCUT2D eigenvalue weighted by molar-refractivity contribution is 0.0706. The van der Waals surface area contributed by atoms with Crippen molar-refractivity contribution in [2.45, 2.75) is 26.4 Å². The summed E-state index contributed by atoms with van der Waals surface area (Å²) in [4.78, 5) is 26.0. The molecule has 3 amide bonds. The molecule has 3 rings (SSSR count). The zero-order valence-corrected chi connectivity index (χ0v) is 14.7. The van der Waals surface area contributed by atoms with Gasteiger partial charge in [0.1, 0.15) is 12.4 Å². The molecule has 7 heteroatoms. The van der Waals surface area contributed by atoms with Gasteiger partial charge in [-0.25, -0.2) is 10.3 Å². The van der Waals surface area contributed by atoms with Crippen LogP contribution in [0.5, 0.6) is 5.75 Å². The van der Waals surface area contributed by atoms with Crippen molar-refractivity contribution >= 4 is 17.6 Å². The summed E-state index contributed by atoms with van der Waals surface area (Å²) in [6, 6.07) is 12.1. The number of fused-ring (bicyclic) bond motifs is 1. The summed E-state index contributed by atoms with van der Waals surface area (Å²) in [6.45, 7) is 4.55. The van der Waals surface area contributed by atoms with Gasteiger partial charge in [-0.1, -0.05) is 23.8 Å². The number of carbonyl (C=O) groups is 2. The molecule has 1 aliphatic rings. The van der Waals surface area contributed by atoms with E-state index in [2.05, 4.69) is 5.32 Å². The van der Waals surface area contributed by atoms with Crippen LogP contribution in [0.1, 0.15) is 28.4 Å². The summed E-state index contributed by atoms with van der Waals surface area (Å²) >= 11 is 0. The third kappa shape index (κ3) is 3.78. The fraction of sp³-hybridized carbons (Fsp3) is 0.263. The molecule has 2 aromatic carbocycles. The number of urea groups is 1. The highest BCUT2D eigenvalue weighted by atomic mass is 16.5. The Hall–Kier alpha value is -3.06. The minimum absolute atomic E-state index is 0.150. The average Bonchev–Trinajstić information content (AvgIpc) is 2.81. The highest BCUT2D eigenvalue weighted by Crippen LogP contribution is 2.27. The molecule has 1 aliphatic heterocycles. The van der Waals surface area contributed by atoms with Gasteiger partial charge in [0.15, 0.2) is 0 Å². The van der Waals surface area contributed by atoms with Gasteiger partial charge in [0.05, 0.1) is 12.6 Å². The number of hydroxylamine groups is 1. The molecular weight excluding hydrogens is 334 g/mol. The van der Waals surface area contributed by atoms with Crippen LogP contribution in [0, 0.1) is 6.92 Å². The van der Waals surface area contributed by atoms with E-state index in [-0.39, 0.29) is 17.6 Å². The Balaban J connectivity index is 1.79. The topological polar surface area (TPSA) is 90.9 Å². The van der Waals surface area contributed by atoms with Crippen molar-refractivity contribution in [3.8, 4) is 5.75 Å². The molecule has 1 atom stereocenters. The molecule has 0 radical (unpaired) electrons. The lowest BCUT2D eigenvalue weighted by Gasteiger charge is -2.26. The summed E-state index contributed by atoms with van der Waals surface area (Å²) in [7, 11) is 0. The first-order valence-electron chi connectivity index (χ1n) is 8.32. The number of ether oxygens (including phenoxy) is 1. The molecular formula is C19H21N3O4. The highest BCUT2D eigenvalue weighted by molar-refractivity contribution is 5.94. The first-order chi connectivity index (χ1) is 12.5. The number of hydrogen-bond donors (Lipinski definition) is 3. The number of carbonyl (C=O) groups excluding carboxylic acids is 2. The standard InChI is InChI=1S/C19H21N3O4/c1-12-3-7-16(8-4-12)20-19(24)22-10-15-6-5-14(18(23)21-25)9-17(15)26-11-13(22)2/h3-9,13,25H,10-11H2,1-2H3,(H,20,24)(H,21,23)/t13-/m0/s1. The first kappa shape index (κ1) is 17.8. The second-order valence-corrected chi connectivity index (χ2v) is 6.35. The Morgan fingerprint density at radius 1 is 1.19 bits per heavy atom. The normalized spacial score (nSPS) is 16.1. The Morgan fingerprint density at radius 2 is 1.92 bits per heavy atom. The second kappa shape index (κ2) is 7.45. The molecule has 0 aromatic heterocycles. The third-order valence-corrected chi connectivity index (χ3v) is 4.35. The fourth-order valence-corrected chi connectivity index (χ4v) is 2.77. The number of amides is 3. The van der Waals surface area contributed by atoms with Crippen molar-refractivity contribution in [3.05, 3.63) is 59.2 Å². The Labute approximate surface area is 151 Å². The second-order valence-electron chi connectivity index (χ2n) is 6.35. The van der Waals surface area contributed by atoms with Crippen molar-refractivity contribution in [2.24, 2.45) is 0 Å². The number of aryl methyl sites for hydroxylation is 1. The fourth-order valence-electron chi connectivity index (χ4n) is 2.77. The molecule has 2 aromatic rings. The predicted molar refractivity (Wildman–Crippen MR) is 96.4 cm³/mol. The molecule has 0 fully saturated rings. The number of benzene rings is 2. The number of anilines is 1. The zero-order valence-electron chi connectivity index (χ0n) is 14.7. The van der Waals surface area contributed by atoms with Gasteiger partial charge in [-0.15, -0.1) is 0 Å². The average molecular weight is 355 g/mol. The lowest BCUT2D eigenvalue weighted by atomic mass is 10.1. The van der Waals surface area contributed by atoms with E-state index in [4.69, 9.17) is 9.94 Å². The maximum Gasteiger partial charge on any atom is 0.322 e. The van der Waals surface area contributed by atoms with Gasteiger partial charge in [-0.3, -0.25) is 10.0 Å². The van der Waals surface area contributed by atoms with E-state index in [0.717, 1.165) is 16.8 Å². The van der Waals surface area contributed by atoms with Crippen LogP contribution < -0.4 is 15.5 Å². The molecule has 0 saturated heterocycles. The minimum atomic E-state index is -0.609. The first-order valence-corrected chi connectivity index (χ1v) is 8.32. The monoisotopic (exact) mass is 355 g/mol.